The molecule has 0 fully saturated rings. The first-order valence-electron chi connectivity index (χ1n) is 9.93. The second kappa shape index (κ2) is 9.99. The van der Waals surface area contributed by atoms with Gasteiger partial charge in [0.1, 0.15) is 34.5 Å². The van der Waals surface area contributed by atoms with Gasteiger partial charge in [0.2, 0.25) is 5.88 Å². The third kappa shape index (κ3) is 7.20. The Balaban J connectivity index is 1.86. The van der Waals surface area contributed by atoms with E-state index in [1.165, 1.54) is 43.5 Å². The van der Waals surface area contributed by atoms with Gasteiger partial charge < -0.3 is 18.9 Å². The number of carbonyl (C=O) groups excluding carboxylic acids is 2. The summed E-state index contributed by atoms with van der Waals surface area (Å²) in [6, 6.07) is 14.6. The molecule has 0 atom stereocenters. The minimum absolute atomic E-state index is 0.0938. The van der Waals surface area contributed by atoms with Crippen molar-refractivity contribution in [2.75, 3.05) is 12.4 Å². The molecule has 8 nitrogen and oxygen atoms in total. The molecule has 0 saturated carbocycles. The zero-order valence-corrected chi connectivity index (χ0v) is 18.5. The molecule has 0 saturated heterocycles. The van der Waals surface area contributed by atoms with Crippen LogP contribution in [0.25, 0.3) is 0 Å². The quantitative estimate of drug-likeness (QED) is 0.461. The number of hydrogen-bond acceptors (Lipinski definition) is 7. The van der Waals surface area contributed by atoms with Crippen molar-refractivity contribution in [2.45, 2.75) is 26.4 Å². The minimum Gasteiger partial charge on any atom is -0.465 e. The summed E-state index contributed by atoms with van der Waals surface area (Å²) in [5.74, 6) is 0.385. The van der Waals surface area contributed by atoms with E-state index in [1.54, 1.807) is 45.0 Å². The summed E-state index contributed by atoms with van der Waals surface area (Å²) < 4.78 is 34.7. The fraction of sp³-hybridized carbons (Fsp3) is 0.208. The average Bonchev–Trinajstić information content (AvgIpc) is 2.74. The van der Waals surface area contributed by atoms with Gasteiger partial charge in [0, 0.05) is 12.1 Å². The van der Waals surface area contributed by atoms with Gasteiger partial charge in [-0.25, -0.2) is 14.0 Å². The molecule has 1 N–H and O–H groups in total. The summed E-state index contributed by atoms with van der Waals surface area (Å²) in [6.07, 6.45) is -0.706. The first-order valence-corrected chi connectivity index (χ1v) is 9.93. The maximum atomic E-state index is 13.2. The molecule has 1 amide bonds. The smallest absolute Gasteiger partial charge is 0.413 e. The lowest BCUT2D eigenvalue weighted by Crippen LogP contribution is -2.27. The zero-order chi connectivity index (χ0) is 24.0. The number of nitrogens with one attached hydrogen (secondary N) is 1. The van der Waals surface area contributed by atoms with E-state index in [0.29, 0.717) is 22.8 Å². The van der Waals surface area contributed by atoms with Gasteiger partial charge in [-0.05, 0) is 69.3 Å². The van der Waals surface area contributed by atoms with E-state index < -0.39 is 23.5 Å². The van der Waals surface area contributed by atoms with Crippen molar-refractivity contribution in [2.24, 2.45) is 0 Å². The second-order valence-corrected chi connectivity index (χ2v) is 7.83. The summed E-state index contributed by atoms with van der Waals surface area (Å²) in [4.78, 5) is 28.0. The van der Waals surface area contributed by atoms with Crippen LogP contribution in [0.5, 0.6) is 23.1 Å². The Bertz CT molecular complexity index is 1130. The van der Waals surface area contributed by atoms with Gasteiger partial charge in [0.25, 0.3) is 0 Å². The predicted molar refractivity (Wildman–Crippen MR) is 118 cm³/mol. The lowest BCUT2D eigenvalue weighted by molar-refractivity contribution is 0.0598. The summed E-state index contributed by atoms with van der Waals surface area (Å²) in [7, 11) is 1.30. The fourth-order valence-corrected chi connectivity index (χ4v) is 2.60. The van der Waals surface area contributed by atoms with Gasteiger partial charge in [-0.2, -0.15) is 4.98 Å². The highest BCUT2D eigenvalue weighted by atomic mass is 19.1. The molecule has 1 heterocycles. The van der Waals surface area contributed by atoms with E-state index in [1.807, 2.05) is 0 Å². The Labute approximate surface area is 190 Å². The average molecular weight is 454 g/mol. The molecule has 33 heavy (non-hydrogen) atoms. The van der Waals surface area contributed by atoms with Crippen LogP contribution in [0.1, 0.15) is 31.1 Å². The molecule has 0 bridgehead atoms. The van der Waals surface area contributed by atoms with Gasteiger partial charge in [0.15, 0.2) is 0 Å². The molecule has 9 heteroatoms. The lowest BCUT2D eigenvalue weighted by Gasteiger charge is -2.19. The highest BCUT2D eigenvalue weighted by molar-refractivity contribution is 5.89. The van der Waals surface area contributed by atoms with Crippen molar-refractivity contribution in [1.82, 2.24) is 4.98 Å². The SMILES string of the molecule is COC(=O)c1ccc(Oc2cc(NC(=O)OC(C)(C)C)nc(Oc3ccc(F)cc3)c2)cc1. The Morgan fingerprint density at radius 1 is 0.879 bits per heavy atom. The highest BCUT2D eigenvalue weighted by Gasteiger charge is 2.18. The number of aromatic nitrogens is 1. The summed E-state index contributed by atoms with van der Waals surface area (Å²) in [5.41, 5.74) is -0.334. The van der Waals surface area contributed by atoms with Gasteiger partial charge >= 0.3 is 12.1 Å². The van der Waals surface area contributed by atoms with Crippen LogP contribution in [0.3, 0.4) is 0 Å². The maximum Gasteiger partial charge on any atom is 0.413 e. The molecule has 0 radical (unpaired) electrons. The number of methoxy groups -OCH3 is 1. The number of pyridine rings is 1. The van der Waals surface area contributed by atoms with Crippen LogP contribution >= 0.6 is 0 Å². The topological polar surface area (TPSA) is 96.0 Å². The van der Waals surface area contributed by atoms with Crippen LogP contribution in [0.2, 0.25) is 0 Å². The monoisotopic (exact) mass is 454 g/mol. The van der Waals surface area contributed by atoms with E-state index in [0.717, 1.165) is 0 Å². The van der Waals surface area contributed by atoms with Gasteiger partial charge in [-0.15, -0.1) is 0 Å². The molecule has 0 aliphatic rings. The largest absolute Gasteiger partial charge is 0.465 e. The zero-order valence-electron chi connectivity index (χ0n) is 18.5. The van der Waals surface area contributed by atoms with E-state index in [2.05, 4.69) is 15.0 Å². The summed E-state index contributed by atoms with van der Waals surface area (Å²) >= 11 is 0. The number of nitrogens with zero attached hydrogens (tertiary/aromatic N) is 1. The van der Waals surface area contributed by atoms with E-state index >= 15 is 0 Å². The van der Waals surface area contributed by atoms with Crippen LogP contribution in [-0.2, 0) is 9.47 Å². The first-order chi connectivity index (χ1) is 15.6. The number of amides is 1. The van der Waals surface area contributed by atoms with Crippen LogP contribution in [0.15, 0.2) is 60.7 Å². The molecule has 2 aromatic carbocycles. The minimum atomic E-state index is -0.706. The third-order valence-electron chi connectivity index (χ3n) is 3.95. The summed E-state index contributed by atoms with van der Waals surface area (Å²) in [5, 5.41) is 2.54. The molecule has 3 aromatic rings. The van der Waals surface area contributed by atoms with Crippen molar-refractivity contribution in [3.63, 3.8) is 0 Å². The first kappa shape index (κ1) is 23.5. The van der Waals surface area contributed by atoms with Crippen LogP contribution in [-0.4, -0.2) is 29.8 Å². The standard InChI is InChI=1S/C24H23FN2O6/c1-24(2,3)33-23(29)27-20-13-19(31-17-9-5-15(6-10-17)22(28)30-4)14-21(26-20)32-18-11-7-16(25)8-12-18/h5-14H,1-4H3,(H,26,27,29). The van der Waals surface area contributed by atoms with Gasteiger partial charge in [-0.1, -0.05) is 0 Å². The van der Waals surface area contributed by atoms with Crippen LogP contribution in [0, 0.1) is 5.82 Å². The van der Waals surface area contributed by atoms with Gasteiger partial charge in [0.05, 0.1) is 12.7 Å². The van der Waals surface area contributed by atoms with Crippen molar-refractivity contribution in [3.8, 4) is 23.1 Å². The number of esters is 1. The second-order valence-electron chi connectivity index (χ2n) is 7.83. The molecule has 3 rings (SSSR count). The lowest BCUT2D eigenvalue weighted by atomic mass is 10.2. The predicted octanol–water partition coefficient (Wildman–Crippen LogP) is 5.94. The van der Waals surface area contributed by atoms with E-state index in [9.17, 15) is 14.0 Å². The van der Waals surface area contributed by atoms with Crippen molar-refractivity contribution in [3.05, 3.63) is 72.0 Å². The van der Waals surface area contributed by atoms with Crippen molar-refractivity contribution in [1.29, 1.82) is 0 Å². The van der Waals surface area contributed by atoms with Crippen LogP contribution < -0.4 is 14.8 Å². The molecular formula is C24H23FN2O6. The molecule has 0 aliphatic heterocycles. The Hall–Kier alpha value is -4.14. The van der Waals surface area contributed by atoms with Crippen LogP contribution in [0.4, 0.5) is 15.0 Å². The number of benzene rings is 2. The van der Waals surface area contributed by atoms with Gasteiger partial charge in [-0.3, -0.25) is 5.32 Å². The normalized spacial score (nSPS) is 10.8. The molecular weight excluding hydrogens is 431 g/mol. The number of anilines is 1. The molecule has 172 valence electrons. The molecule has 0 aliphatic carbocycles. The number of rotatable bonds is 6. The molecule has 1 aromatic heterocycles. The highest BCUT2D eigenvalue weighted by Crippen LogP contribution is 2.30. The van der Waals surface area contributed by atoms with Crippen molar-refractivity contribution < 1.29 is 32.9 Å². The Kier molecular flexibility index (Phi) is 7.12. The molecule has 0 unspecified atom stereocenters. The van der Waals surface area contributed by atoms with E-state index in [-0.39, 0.29) is 11.7 Å². The number of halogens is 1. The number of hydrogen-bond donors (Lipinski definition) is 1. The number of ether oxygens (including phenoxy) is 4. The Morgan fingerprint density at radius 2 is 1.48 bits per heavy atom. The third-order valence-corrected chi connectivity index (χ3v) is 3.95. The number of carbonyl (C=O) groups is 2. The Morgan fingerprint density at radius 3 is 2.09 bits per heavy atom. The maximum absolute atomic E-state index is 13.2. The fourth-order valence-electron chi connectivity index (χ4n) is 2.60. The van der Waals surface area contributed by atoms with Crippen molar-refractivity contribution >= 4 is 17.9 Å². The van der Waals surface area contributed by atoms with E-state index in [4.69, 9.17) is 14.2 Å². The molecule has 0 spiro atoms. The summed E-state index contributed by atoms with van der Waals surface area (Å²) in [6.45, 7) is 5.21.